The second-order valence-corrected chi connectivity index (χ2v) is 3.30. The van der Waals surface area contributed by atoms with Crippen molar-refractivity contribution in [3.05, 3.63) is 29.8 Å². The topological polar surface area (TPSA) is 44.8 Å². The molecular formula is C12H16O4. The molecule has 0 aliphatic carbocycles. The summed E-state index contributed by atoms with van der Waals surface area (Å²) >= 11 is 0. The molecule has 0 bridgehead atoms. The van der Waals surface area contributed by atoms with E-state index in [1.54, 1.807) is 7.11 Å². The fourth-order valence-electron chi connectivity index (χ4n) is 1.37. The minimum absolute atomic E-state index is 0.363. The highest BCUT2D eigenvalue weighted by Crippen LogP contribution is 2.13. The molecule has 1 aromatic rings. The Bertz CT molecular complexity index is 331. The molecule has 0 amide bonds. The van der Waals surface area contributed by atoms with Crippen molar-refractivity contribution in [3.8, 4) is 5.75 Å². The van der Waals surface area contributed by atoms with Gasteiger partial charge in [-0.3, -0.25) is 0 Å². The molecule has 0 N–H and O–H groups in total. The van der Waals surface area contributed by atoms with Crippen molar-refractivity contribution in [2.75, 3.05) is 21.3 Å². The third-order valence-corrected chi connectivity index (χ3v) is 2.33. The highest BCUT2D eigenvalue weighted by Gasteiger charge is 2.18. The van der Waals surface area contributed by atoms with E-state index in [1.165, 1.54) is 14.2 Å². The number of esters is 1. The molecule has 1 aromatic carbocycles. The van der Waals surface area contributed by atoms with Crippen LogP contribution >= 0.6 is 0 Å². The Morgan fingerprint density at radius 1 is 1.19 bits per heavy atom. The molecule has 0 radical (unpaired) electrons. The molecule has 0 saturated heterocycles. The summed E-state index contributed by atoms with van der Waals surface area (Å²) in [6.07, 6.45) is -0.0638. The van der Waals surface area contributed by atoms with Gasteiger partial charge >= 0.3 is 5.97 Å². The maximum absolute atomic E-state index is 11.3. The molecule has 0 heterocycles. The predicted octanol–water partition coefficient (Wildman–Crippen LogP) is 1.43. The van der Waals surface area contributed by atoms with Gasteiger partial charge in [-0.15, -0.1) is 0 Å². The van der Waals surface area contributed by atoms with Crippen LogP contribution in [0, 0.1) is 0 Å². The van der Waals surface area contributed by atoms with Gasteiger partial charge in [0.25, 0.3) is 0 Å². The fraction of sp³-hybridized carbons (Fsp3) is 0.417. The first-order chi connectivity index (χ1) is 7.71. The Hall–Kier alpha value is -1.55. The van der Waals surface area contributed by atoms with Crippen LogP contribution in [0.5, 0.6) is 5.75 Å². The van der Waals surface area contributed by atoms with E-state index in [4.69, 9.17) is 9.47 Å². The Labute approximate surface area is 95.1 Å². The Morgan fingerprint density at radius 3 is 2.25 bits per heavy atom. The highest BCUT2D eigenvalue weighted by atomic mass is 16.6. The van der Waals surface area contributed by atoms with Gasteiger partial charge in [-0.1, -0.05) is 12.1 Å². The van der Waals surface area contributed by atoms with Crippen LogP contribution in [0.15, 0.2) is 24.3 Å². The zero-order chi connectivity index (χ0) is 12.0. The zero-order valence-electron chi connectivity index (χ0n) is 9.73. The van der Waals surface area contributed by atoms with Crippen molar-refractivity contribution in [2.45, 2.75) is 12.5 Å². The fourth-order valence-corrected chi connectivity index (χ4v) is 1.37. The number of benzene rings is 1. The molecule has 0 saturated carbocycles. The van der Waals surface area contributed by atoms with Gasteiger partial charge < -0.3 is 14.2 Å². The smallest absolute Gasteiger partial charge is 0.335 e. The average Bonchev–Trinajstić information content (AvgIpc) is 2.35. The molecule has 1 atom stereocenters. The summed E-state index contributed by atoms with van der Waals surface area (Å²) in [6, 6.07) is 7.49. The summed E-state index contributed by atoms with van der Waals surface area (Å²) in [5.41, 5.74) is 0.998. The van der Waals surface area contributed by atoms with Gasteiger partial charge in [0, 0.05) is 13.5 Å². The molecule has 1 rings (SSSR count). The first-order valence-corrected chi connectivity index (χ1v) is 4.94. The van der Waals surface area contributed by atoms with E-state index in [0.717, 1.165) is 11.3 Å². The van der Waals surface area contributed by atoms with Crippen LogP contribution in [-0.2, 0) is 20.7 Å². The van der Waals surface area contributed by atoms with E-state index < -0.39 is 6.10 Å². The summed E-state index contributed by atoms with van der Waals surface area (Å²) in [6.45, 7) is 0. The maximum Gasteiger partial charge on any atom is 0.335 e. The third-order valence-electron chi connectivity index (χ3n) is 2.33. The van der Waals surface area contributed by atoms with Crippen LogP contribution in [0.2, 0.25) is 0 Å². The molecule has 0 aliphatic rings. The third kappa shape index (κ3) is 3.24. The Balaban J connectivity index is 2.66. The summed E-state index contributed by atoms with van der Waals surface area (Å²) in [7, 11) is 4.45. The largest absolute Gasteiger partial charge is 0.497 e. The second-order valence-electron chi connectivity index (χ2n) is 3.30. The predicted molar refractivity (Wildman–Crippen MR) is 59.5 cm³/mol. The van der Waals surface area contributed by atoms with Crippen LogP contribution < -0.4 is 4.74 Å². The molecule has 88 valence electrons. The van der Waals surface area contributed by atoms with E-state index >= 15 is 0 Å². The quantitative estimate of drug-likeness (QED) is 0.710. The molecule has 0 aliphatic heterocycles. The zero-order valence-corrected chi connectivity index (χ0v) is 9.73. The van der Waals surface area contributed by atoms with E-state index in [1.807, 2.05) is 24.3 Å². The van der Waals surface area contributed by atoms with Crippen molar-refractivity contribution in [1.29, 1.82) is 0 Å². The Morgan fingerprint density at radius 2 is 1.81 bits per heavy atom. The molecule has 4 heteroatoms. The standard InChI is InChI=1S/C12H16O4/c1-14-10-6-4-9(5-7-10)8-11(15-2)12(13)16-3/h4-7,11H,8H2,1-3H3. The summed E-state index contributed by atoms with van der Waals surface area (Å²) in [4.78, 5) is 11.3. The van der Waals surface area contributed by atoms with Crippen LogP contribution in [0.4, 0.5) is 0 Å². The molecule has 1 unspecified atom stereocenters. The van der Waals surface area contributed by atoms with E-state index in [2.05, 4.69) is 4.74 Å². The first kappa shape index (κ1) is 12.5. The molecule has 4 nitrogen and oxygen atoms in total. The average molecular weight is 224 g/mol. The van der Waals surface area contributed by atoms with E-state index in [9.17, 15) is 4.79 Å². The van der Waals surface area contributed by atoms with Crippen molar-refractivity contribution in [1.82, 2.24) is 0 Å². The Kier molecular flexibility index (Phi) is 4.79. The van der Waals surface area contributed by atoms with Crippen LogP contribution in [-0.4, -0.2) is 33.4 Å². The van der Waals surface area contributed by atoms with Gasteiger partial charge in [-0.05, 0) is 17.7 Å². The van der Waals surface area contributed by atoms with Crippen molar-refractivity contribution >= 4 is 5.97 Å². The van der Waals surface area contributed by atoms with Crippen molar-refractivity contribution < 1.29 is 19.0 Å². The maximum atomic E-state index is 11.3. The number of hydrogen-bond donors (Lipinski definition) is 0. The van der Waals surface area contributed by atoms with Gasteiger partial charge in [-0.25, -0.2) is 4.79 Å². The van der Waals surface area contributed by atoms with Gasteiger partial charge in [0.15, 0.2) is 6.10 Å². The van der Waals surface area contributed by atoms with Crippen LogP contribution in [0.3, 0.4) is 0 Å². The van der Waals surface area contributed by atoms with E-state index in [-0.39, 0.29) is 5.97 Å². The number of hydrogen-bond acceptors (Lipinski definition) is 4. The molecule has 16 heavy (non-hydrogen) atoms. The monoisotopic (exact) mass is 224 g/mol. The van der Waals surface area contributed by atoms with Crippen LogP contribution in [0.1, 0.15) is 5.56 Å². The lowest BCUT2D eigenvalue weighted by molar-refractivity contribution is -0.152. The van der Waals surface area contributed by atoms with Gasteiger partial charge in [0.2, 0.25) is 0 Å². The minimum atomic E-state index is -0.557. The highest BCUT2D eigenvalue weighted by molar-refractivity contribution is 5.74. The second kappa shape index (κ2) is 6.12. The van der Waals surface area contributed by atoms with Gasteiger partial charge in [-0.2, -0.15) is 0 Å². The number of carbonyl (C=O) groups excluding carboxylic acids is 1. The van der Waals surface area contributed by atoms with Gasteiger partial charge in [0.05, 0.1) is 14.2 Å². The van der Waals surface area contributed by atoms with Crippen molar-refractivity contribution in [3.63, 3.8) is 0 Å². The summed E-state index contributed by atoms with van der Waals surface area (Å²) in [5.74, 6) is 0.425. The van der Waals surface area contributed by atoms with Gasteiger partial charge in [0.1, 0.15) is 5.75 Å². The van der Waals surface area contributed by atoms with Crippen molar-refractivity contribution in [2.24, 2.45) is 0 Å². The summed E-state index contributed by atoms with van der Waals surface area (Å²) < 4.78 is 14.7. The molecule has 0 fully saturated rings. The number of methoxy groups -OCH3 is 3. The lowest BCUT2D eigenvalue weighted by Gasteiger charge is -2.12. The lowest BCUT2D eigenvalue weighted by Crippen LogP contribution is -2.26. The molecular weight excluding hydrogens is 208 g/mol. The lowest BCUT2D eigenvalue weighted by atomic mass is 10.1. The van der Waals surface area contributed by atoms with Crippen LogP contribution in [0.25, 0.3) is 0 Å². The summed E-state index contributed by atoms with van der Waals surface area (Å²) in [5, 5.41) is 0. The minimum Gasteiger partial charge on any atom is -0.497 e. The number of rotatable bonds is 5. The molecule has 0 aromatic heterocycles. The van der Waals surface area contributed by atoms with E-state index in [0.29, 0.717) is 6.42 Å². The number of ether oxygens (including phenoxy) is 3. The SMILES string of the molecule is COC(=O)C(Cc1ccc(OC)cc1)OC. The normalized spacial score (nSPS) is 11.9. The first-order valence-electron chi connectivity index (χ1n) is 4.94. The molecule has 0 spiro atoms. The number of carbonyl (C=O) groups is 1.